The summed E-state index contributed by atoms with van der Waals surface area (Å²) in [5.74, 6) is 0.538. The van der Waals surface area contributed by atoms with Crippen LogP contribution in [0.2, 0.25) is 0 Å². The van der Waals surface area contributed by atoms with Crippen molar-refractivity contribution in [3.63, 3.8) is 0 Å². The fourth-order valence-electron chi connectivity index (χ4n) is 1.19. The number of carbonyl (C=O) groups is 1. The Morgan fingerprint density at radius 2 is 2.35 bits per heavy atom. The van der Waals surface area contributed by atoms with E-state index >= 15 is 0 Å². The van der Waals surface area contributed by atoms with Crippen LogP contribution >= 0.6 is 11.8 Å². The first-order chi connectivity index (χ1) is 8.05. The number of carbonyl (C=O) groups excluding carboxylic acids is 1. The van der Waals surface area contributed by atoms with Crippen LogP contribution in [0, 0.1) is 0 Å². The number of amides is 1. The largest absolute Gasteiger partial charge is 0.388 e. The lowest BCUT2D eigenvalue weighted by atomic mass is 10.0. The molecule has 1 aromatic heterocycles. The Labute approximate surface area is 105 Å². The Bertz CT molecular complexity index is 357. The molecule has 0 saturated carbocycles. The molecule has 94 valence electrons. The fourth-order valence-corrected chi connectivity index (χ4v) is 1.83. The molecule has 1 heterocycles. The van der Waals surface area contributed by atoms with Crippen LogP contribution < -0.4 is 5.32 Å². The molecule has 2 N–H and O–H groups in total. The highest BCUT2D eigenvalue weighted by atomic mass is 32.2. The number of hydrogen-bond acceptors (Lipinski definition) is 5. The average Bonchev–Trinajstić information content (AvgIpc) is 2.35. The van der Waals surface area contributed by atoms with E-state index in [2.05, 4.69) is 15.3 Å². The van der Waals surface area contributed by atoms with Crippen molar-refractivity contribution < 1.29 is 9.90 Å². The summed E-state index contributed by atoms with van der Waals surface area (Å²) >= 11 is 1.66. The topological polar surface area (TPSA) is 75.1 Å². The standard InChI is InChI=1S/C11H17N3O2S/c1-11(16,3-6-17-2)8-14-10(15)9-7-12-4-5-13-9/h4-5,7,16H,3,6,8H2,1-2H3,(H,14,15)/t11-/m0/s1. The van der Waals surface area contributed by atoms with E-state index in [1.54, 1.807) is 18.7 Å². The third-order valence-corrected chi connectivity index (χ3v) is 2.88. The summed E-state index contributed by atoms with van der Waals surface area (Å²) in [5, 5.41) is 12.6. The molecule has 0 aliphatic carbocycles. The molecule has 0 radical (unpaired) electrons. The first-order valence-corrected chi connectivity index (χ1v) is 6.70. The van der Waals surface area contributed by atoms with E-state index in [4.69, 9.17) is 0 Å². The minimum Gasteiger partial charge on any atom is -0.388 e. The molecule has 1 amide bonds. The molecule has 0 fully saturated rings. The van der Waals surface area contributed by atoms with Crippen LogP contribution in [0.3, 0.4) is 0 Å². The zero-order chi connectivity index (χ0) is 12.7. The summed E-state index contributed by atoms with van der Waals surface area (Å²) in [4.78, 5) is 19.3. The van der Waals surface area contributed by atoms with Crippen molar-refractivity contribution in [1.29, 1.82) is 0 Å². The lowest BCUT2D eigenvalue weighted by Crippen LogP contribution is -2.41. The van der Waals surface area contributed by atoms with E-state index in [1.807, 2.05) is 6.26 Å². The van der Waals surface area contributed by atoms with Crippen molar-refractivity contribution in [3.05, 3.63) is 24.3 Å². The third-order valence-electron chi connectivity index (χ3n) is 2.27. The van der Waals surface area contributed by atoms with Crippen molar-refractivity contribution in [2.24, 2.45) is 0 Å². The average molecular weight is 255 g/mol. The van der Waals surface area contributed by atoms with Gasteiger partial charge in [-0.3, -0.25) is 9.78 Å². The van der Waals surface area contributed by atoms with Gasteiger partial charge < -0.3 is 10.4 Å². The first kappa shape index (κ1) is 13.9. The van der Waals surface area contributed by atoms with E-state index in [0.717, 1.165) is 5.75 Å². The second kappa shape index (κ2) is 6.56. The van der Waals surface area contributed by atoms with Gasteiger partial charge in [0.25, 0.3) is 5.91 Å². The van der Waals surface area contributed by atoms with Gasteiger partial charge in [-0.1, -0.05) is 0 Å². The molecule has 0 aromatic carbocycles. The number of hydrogen-bond donors (Lipinski definition) is 2. The number of aliphatic hydroxyl groups is 1. The van der Waals surface area contributed by atoms with Gasteiger partial charge in [0, 0.05) is 18.9 Å². The quantitative estimate of drug-likeness (QED) is 0.783. The van der Waals surface area contributed by atoms with Crippen molar-refractivity contribution in [2.75, 3.05) is 18.6 Å². The number of thioether (sulfide) groups is 1. The molecule has 0 bridgehead atoms. The maximum absolute atomic E-state index is 11.6. The highest BCUT2D eigenvalue weighted by Crippen LogP contribution is 2.11. The lowest BCUT2D eigenvalue weighted by Gasteiger charge is -2.23. The monoisotopic (exact) mass is 255 g/mol. The first-order valence-electron chi connectivity index (χ1n) is 5.31. The van der Waals surface area contributed by atoms with E-state index in [9.17, 15) is 9.90 Å². The molecule has 17 heavy (non-hydrogen) atoms. The highest BCUT2D eigenvalue weighted by Gasteiger charge is 2.21. The summed E-state index contributed by atoms with van der Waals surface area (Å²) in [5.41, 5.74) is -0.630. The summed E-state index contributed by atoms with van der Waals surface area (Å²) in [6.45, 7) is 1.92. The van der Waals surface area contributed by atoms with Gasteiger partial charge in [-0.2, -0.15) is 11.8 Å². The van der Waals surface area contributed by atoms with Gasteiger partial charge in [0.05, 0.1) is 11.8 Å². The van der Waals surface area contributed by atoms with Crippen molar-refractivity contribution in [1.82, 2.24) is 15.3 Å². The molecular formula is C11H17N3O2S. The summed E-state index contributed by atoms with van der Waals surface area (Å²) in [7, 11) is 0. The van der Waals surface area contributed by atoms with Crippen molar-refractivity contribution >= 4 is 17.7 Å². The molecular weight excluding hydrogens is 238 g/mol. The Balaban J connectivity index is 2.43. The molecule has 0 aliphatic heterocycles. The van der Waals surface area contributed by atoms with Crippen LogP contribution in [0.25, 0.3) is 0 Å². The van der Waals surface area contributed by atoms with Gasteiger partial charge >= 0.3 is 0 Å². The Kier molecular flexibility index (Phi) is 5.37. The van der Waals surface area contributed by atoms with Gasteiger partial charge in [-0.05, 0) is 25.4 Å². The normalized spacial score (nSPS) is 14.1. The zero-order valence-electron chi connectivity index (χ0n) is 10.0. The van der Waals surface area contributed by atoms with Gasteiger partial charge in [0.1, 0.15) is 5.69 Å². The Hall–Kier alpha value is -1.14. The molecule has 0 unspecified atom stereocenters. The molecule has 6 heteroatoms. The van der Waals surface area contributed by atoms with Crippen LogP contribution in [0.15, 0.2) is 18.6 Å². The zero-order valence-corrected chi connectivity index (χ0v) is 10.8. The smallest absolute Gasteiger partial charge is 0.271 e. The predicted octanol–water partition coefficient (Wildman–Crippen LogP) is 0.710. The van der Waals surface area contributed by atoms with E-state index in [0.29, 0.717) is 6.42 Å². The molecule has 1 rings (SSSR count). The summed E-state index contributed by atoms with van der Waals surface area (Å²) in [6, 6.07) is 0. The minimum atomic E-state index is -0.888. The minimum absolute atomic E-state index is 0.211. The number of nitrogens with one attached hydrogen (secondary N) is 1. The predicted molar refractivity (Wildman–Crippen MR) is 68.0 cm³/mol. The second-order valence-corrected chi connectivity index (χ2v) is 5.00. The number of aromatic nitrogens is 2. The summed E-state index contributed by atoms with van der Waals surface area (Å²) in [6.07, 6.45) is 6.97. The second-order valence-electron chi connectivity index (χ2n) is 4.01. The van der Waals surface area contributed by atoms with Crippen LogP contribution in [-0.4, -0.2) is 45.1 Å². The van der Waals surface area contributed by atoms with Gasteiger partial charge in [0.15, 0.2) is 0 Å². The Morgan fingerprint density at radius 3 is 2.94 bits per heavy atom. The molecule has 1 atom stereocenters. The van der Waals surface area contributed by atoms with Crippen LogP contribution in [-0.2, 0) is 0 Å². The third kappa shape index (κ3) is 5.14. The molecule has 5 nitrogen and oxygen atoms in total. The highest BCUT2D eigenvalue weighted by molar-refractivity contribution is 7.98. The van der Waals surface area contributed by atoms with Crippen LogP contribution in [0.1, 0.15) is 23.8 Å². The van der Waals surface area contributed by atoms with Gasteiger partial charge in [-0.25, -0.2) is 4.98 Å². The molecule has 0 aliphatic rings. The number of rotatable bonds is 6. The van der Waals surface area contributed by atoms with Crippen LogP contribution in [0.5, 0.6) is 0 Å². The van der Waals surface area contributed by atoms with Gasteiger partial charge in [-0.15, -0.1) is 0 Å². The maximum Gasteiger partial charge on any atom is 0.271 e. The van der Waals surface area contributed by atoms with E-state index < -0.39 is 5.60 Å². The van der Waals surface area contributed by atoms with E-state index in [-0.39, 0.29) is 18.1 Å². The fraction of sp³-hybridized carbons (Fsp3) is 0.545. The summed E-state index contributed by atoms with van der Waals surface area (Å²) < 4.78 is 0. The maximum atomic E-state index is 11.6. The SMILES string of the molecule is CSCC[C@](C)(O)CNC(=O)c1cnccn1. The van der Waals surface area contributed by atoms with Crippen molar-refractivity contribution in [2.45, 2.75) is 18.9 Å². The molecule has 1 aromatic rings. The molecule has 0 spiro atoms. The van der Waals surface area contributed by atoms with Gasteiger partial charge in [0.2, 0.25) is 0 Å². The lowest BCUT2D eigenvalue weighted by molar-refractivity contribution is 0.0527. The van der Waals surface area contributed by atoms with Crippen LogP contribution in [0.4, 0.5) is 0 Å². The number of nitrogens with zero attached hydrogens (tertiary/aromatic N) is 2. The van der Waals surface area contributed by atoms with Crippen molar-refractivity contribution in [3.8, 4) is 0 Å². The van der Waals surface area contributed by atoms with E-state index in [1.165, 1.54) is 18.6 Å². The Morgan fingerprint density at radius 1 is 1.59 bits per heavy atom. The molecule has 0 saturated heterocycles.